The second-order valence-corrected chi connectivity index (χ2v) is 7.10. The van der Waals surface area contributed by atoms with Crippen molar-refractivity contribution in [1.82, 2.24) is 15.3 Å². The van der Waals surface area contributed by atoms with E-state index in [1.165, 1.54) is 17.0 Å². The number of alkyl halides is 3. The SMILES string of the molecule is CCc1ccccc1NC(=O)[C@H]1C(=O)N(C)C[C@@H]1C1=CC(C(F)(F)F)NN1C. The molecule has 2 heterocycles. The van der Waals surface area contributed by atoms with E-state index >= 15 is 0 Å². The number of hydrogen-bond donors (Lipinski definition) is 2. The Kier molecular flexibility index (Phi) is 5.38. The molecule has 2 aliphatic heterocycles. The summed E-state index contributed by atoms with van der Waals surface area (Å²) in [6, 6.07) is 5.42. The standard InChI is InChI=1S/C19H23F3N4O2/c1-4-11-7-5-6-8-13(11)23-17(27)16-12(10-25(2)18(16)28)14-9-15(19(20,21)22)24-26(14)3/h5-9,12,15-16,24H,4,10H2,1-3H3,(H,23,27)/t12-,15?,16+/m1/s1. The smallest absolute Gasteiger partial charge is 0.344 e. The highest BCUT2D eigenvalue weighted by atomic mass is 19.4. The van der Waals surface area contributed by atoms with E-state index in [2.05, 4.69) is 10.7 Å². The van der Waals surface area contributed by atoms with Gasteiger partial charge in [0, 0.05) is 37.9 Å². The molecule has 1 aromatic rings. The lowest BCUT2D eigenvalue weighted by Gasteiger charge is -2.25. The number of hydrazine groups is 1. The molecule has 2 N–H and O–H groups in total. The van der Waals surface area contributed by atoms with Crippen LogP contribution in [0.25, 0.3) is 0 Å². The van der Waals surface area contributed by atoms with E-state index in [0.29, 0.717) is 17.8 Å². The molecule has 0 radical (unpaired) electrons. The minimum absolute atomic E-state index is 0.175. The topological polar surface area (TPSA) is 64.7 Å². The normalized spacial score (nSPS) is 25.3. The zero-order valence-corrected chi connectivity index (χ0v) is 15.9. The lowest BCUT2D eigenvalue weighted by molar-refractivity contribution is -0.149. The Hall–Kier alpha value is -2.55. The molecule has 1 aromatic carbocycles. The summed E-state index contributed by atoms with van der Waals surface area (Å²) in [5.41, 5.74) is 4.15. The summed E-state index contributed by atoms with van der Waals surface area (Å²) >= 11 is 0. The van der Waals surface area contributed by atoms with Crippen molar-refractivity contribution in [3.05, 3.63) is 41.6 Å². The summed E-state index contributed by atoms with van der Waals surface area (Å²) < 4.78 is 39.3. The summed E-state index contributed by atoms with van der Waals surface area (Å²) in [6.45, 7) is 2.12. The van der Waals surface area contributed by atoms with E-state index in [-0.39, 0.29) is 6.54 Å². The van der Waals surface area contributed by atoms with Gasteiger partial charge in [0.2, 0.25) is 11.8 Å². The summed E-state index contributed by atoms with van der Waals surface area (Å²) in [5.74, 6) is -2.67. The molecule has 2 amide bonds. The number of anilines is 1. The van der Waals surface area contributed by atoms with Gasteiger partial charge in [-0.25, -0.2) is 5.43 Å². The highest BCUT2D eigenvalue weighted by Gasteiger charge is 2.50. The average molecular weight is 396 g/mol. The Morgan fingerprint density at radius 1 is 1.29 bits per heavy atom. The Morgan fingerprint density at radius 3 is 2.57 bits per heavy atom. The zero-order chi connectivity index (χ0) is 20.6. The first-order chi connectivity index (χ1) is 13.1. The first-order valence-electron chi connectivity index (χ1n) is 9.05. The third-order valence-electron chi connectivity index (χ3n) is 5.24. The quantitative estimate of drug-likeness (QED) is 0.766. The van der Waals surface area contributed by atoms with Gasteiger partial charge in [-0.3, -0.25) is 9.59 Å². The number of nitrogens with one attached hydrogen (secondary N) is 2. The van der Waals surface area contributed by atoms with E-state index in [1.54, 1.807) is 19.2 Å². The van der Waals surface area contributed by atoms with E-state index in [0.717, 1.165) is 11.6 Å². The molecule has 1 unspecified atom stereocenters. The maximum atomic E-state index is 13.1. The van der Waals surface area contributed by atoms with Crippen LogP contribution < -0.4 is 10.7 Å². The number of carbonyl (C=O) groups excluding carboxylic acids is 2. The van der Waals surface area contributed by atoms with Crippen molar-refractivity contribution in [3.8, 4) is 0 Å². The van der Waals surface area contributed by atoms with Crippen LogP contribution in [0.5, 0.6) is 0 Å². The van der Waals surface area contributed by atoms with Crippen molar-refractivity contribution < 1.29 is 22.8 Å². The van der Waals surface area contributed by atoms with Gasteiger partial charge in [-0.15, -0.1) is 0 Å². The van der Waals surface area contributed by atoms with Gasteiger partial charge in [0.1, 0.15) is 12.0 Å². The van der Waals surface area contributed by atoms with Crippen molar-refractivity contribution in [2.45, 2.75) is 25.6 Å². The second kappa shape index (κ2) is 7.46. The predicted molar refractivity (Wildman–Crippen MR) is 97.9 cm³/mol. The number of carbonyl (C=O) groups is 2. The van der Waals surface area contributed by atoms with Gasteiger partial charge < -0.3 is 15.2 Å². The number of likely N-dealkylation sites (tertiary alicyclic amines) is 1. The van der Waals surface area contributed by atoms with Crippen LogP contribution in [0.2, 0.25) is 0 Å². The molecule has 2 aliphatic rings. The molecule has 3 atom stereocenters. The zero-order valence-electron chi connectivity index (χ0n) is 15.9. The molecule has 28 heavy (non-hydrogen) atoms. The molecular weight excluding hydrogens is 373 g/mol. The molecule has 6 nitrogen and oxygen atoms in total. The minimum Gasteiger partial charge on any atom is -0.344 e. The highest BCUT2D eigenvalue weighted by molar-refractivity contribution is 6.08. The molecule has 1 fully saturated rings. The van der Waals surface area contributed by atoms with Gasteiger partial charge in [0.25, 0.3) is 0 Å². The Balaban J connectivity index is 1.88. The number of benzene rings is 1. The molecule has 9 heteroatoms. The van der Waals surface area contributed by atoms with Gasteiger partial charge in [0.15, 0.2) is 0 Å². The number of amides is 2. The number of halogens is 3. The number of para-hydroxylation sites is 1. The van der Waals surface area contributed by atoms with Crippen LogP contribution in [0.4, 0.5) is 18.9 Å². The van der Waals surface area contributed by atoms with Crippen LogP contribution in [0.3, 0.4) is 0 Å². The fraction of sp³-hybridized carbons (Fsp3) is 0.474. The Labute approximate surface area is 161 Å². The third-order valence-corrected chi connectivity index (χ3v) is 5.24. The second-order valence-electron chi connectivity index (χ2n) is 7.10. The lowest BCUT2D eigenvalue weighted by atomic mass is 9.90. The van der Waals surface area contributed by atoms with Gasteiger partial charge in [0.05, 0.1) is 0 Å². The van der Waals surface area contributed by atoms with Gasteiger partial charge >= 0.3 is 6.18 Å². The molecule has 0 aliphatic carbocycles. The number of rotatable bonds is 4. The first kappa shape index (κ1) is 20.2. The van der Waals surface area contributed by atoms with E-state index in [4.69, 9.17) is 0 Å². The van der Waals surface area contributed by atoms with Crippen molar-refractivity contribution >= 4 is 17.5 Å². The fourth-order valence-electron chi connectivity index (χ4n) is 3.76. The molecule has 3 rings (SSSR count). The van der Waals surface area contributed by atoms with Crippen molar-refractivity contribution in [2.75, 3.05) is 26.0 Å². The van der Waals surface area contributed by atoms with Crippen LogP contribution in [0.15, 0.2) is 36.0 Å². The fourth-order valence-corrected chi connectivity index (χ4v) is 3.76. The van der Waals surface area contributed by atoms with Crippen molar-refractivity contribution in [2.24, 2.45) is 11.8 Å². The molecular formula is C19H23F3N4O2. The summed E-state index contributed by atoms with van der Waals surface area (Å²) in [4.78, 5) is 26.9. The predicted octanol–water partition coefficient (Wildman–Crippen LogP) is 2.16. The molecule has 0 bridgehead atoms. The van der Waals surface area contributed by atoms with E-state index in [9.17, 15) is 22.8 Å². The Morgan fingerprint density at radius 2 is 1.96 bits per heavy atom. The number of aryl methyl sites for hydroxylation is 1. The van der Waals surface area contributed by atoms with Crippen LogP contribution in [-0.4, -0.2) is 54.6 Å². The van der Waals surface area contributed by atoms with Crippen LogP contribution in [0, 0.1) is 11.8 Å². The number of hydrogen-bond acceptors (Lipinski definition) is 4. The molecule has 0 saturated carbocycles. The van der Waals surface area contributed by atoms with Crippen LogP contribution >= 0.6 is 0 Å². The summed E-state index contributed by atoms with van der Waals surface area (Å²) in [6.07, 6.45) is -2.71. The maximum Gasteiger partial charge on any atom is 0.409 e. The summed E-state index contributed by atoms with van der Waals surface area (Å²) in [7, 11) is 3.01. The van der Waals surface area contributed by atoms with E-state index < -0.39 is 35.9 Å². The average Bonchev–Trinajstić information content (AvgIpc) is 3.15. The van der Waals surface area contributed by atoms with Crippen molar-refractivity contribution in [3.63, 3.8) is 0 Å². The largest absolute Gasteiger partial charge is 0.409 e. The molecule has 1 saturated heterocycles. The lowest BCUT2D eigenvalue weighted by Crippen LogP contribution is -2.44. The van der Waals surface area contributed by atoms with Gasteiger partial charge in [-0.1, -0.05) is 25.1 Å². The first-order valence-corrected chi connectivity index (χ1v) is 9.05. The molecule has 152 valence electrons. The van der Waals surface area contributed by atoms with E-state index in [1.807, 2.05) is 19.1 Å². The Bertz CT molecular complexity index is 809. The van der Waals surface area contributed by atoms with Crippen LogP contribution in [0.1, 0.15) is 12.5 Å². The monoisotopic (exact) mass is 396 g/mol. The molecule has 0 aromatic heterocycles. The third kappa shape index (κ3) is 3.71. The van der Waals surface area contributed by atoms with Gasteiger partial charge in [-0.2, -0.15) is 13.2 Å². The van der Waals surface area contributed by atoms with Crippen molar-refractivity contribution in [1.29, 1.82) is 0 Å². The minimum atomic E-state index is -4.46. The summed E-state index contributed by atoms with van der Waals surface area (Å²) in [5, 5.41) is 4.05. The van der Waals surface area contributed by atoms with Crippen LogP contribution in [-0.2, 0) is 16.0 Å². The molecule has 0 spiro atoms. The van der Waals surface area contributed by atoms with Gasteiger partial charge in [-0.05, 0) is 24.1 Å². The number of nitrogens with zero attached hydrogens (tertiary/aromatic N) is 2. The maximum absolute atomic E-state index is 13.1. The highest BCUT2D eigenvalue weighted by Crippen LogP contribution is 2.36.